The molecule has 28 heavy (non-hydrogen) atoms. The number of aromatic nitrogens is 1. The topological polar surface area (TPSA) is 67.2 Å². The summed E-state index contributed by atoms with van der Waals surface area (Å²) in [5, 5.41) is 0. The minimum Gasteiger partial charge on any atom is -0.408 e. The van der Waals surface area contributed by atoms with E-state index in [1.807, 2.05) is 0 Å². The van der Waals surface area contributed by atoms with Crippen LogP contribution in [0, 0.1) is 18.7 Å². The van der Waals surface area contributed by atoms with E-state index in [-0.39, 0.29) is 17.8 Å². The predicted molar refractivity (Wildman–Crippen MR) is 105 cm³/mol. The highest BCUT2D eigenvalue weighted by atomic mass is 19.1. The average molecular weight is 380 g/mol. The second-order valence-corrected chi connectivity index (χ2v) is 6.94. The van der Waals surface area contributed by atoms with Crippen LogP contribution in [0.2, 0.25) is 0 Å². The van der Waals surface area contributed by atoms with Crippen molar-refractivity contribution in [1.82, 2.24) is 9.88 Å². The van der Waals surface area contributed by atoms with Crippen LogP contribution in [-0.2, 0) is 0 Å². The van der Waals surface area contributed by atoms with Gasteiger partial charge in [-0.25, -0.2) is 14.2 Å². The third kappa shape index (κ3) is 3.78. The molecule has 0 unspecified atom stereocenters. The maximum atomic E-state index is 13.9. The molecule has 0 atom stereocenters. The first-order chi connectivity index (χ1) is 13.6. The monoisotopic (exact) mass is 380 g/mol. The van der Waals surface area contributed by atoms with Gasteiger partial charge in [-0.05, 0) is 44.0 Å². The lowest BCUT2D eigenvalue weighted by Crippen LogP contribution is -2.42. The number of carbonyl (C=O) groups excluding carboxylic acids is 1. The molecular formula is C21H21FN4O2. The molecule has 0 radical (unpaired) electrons. The fourth-order valence-electron chi connectivity index (χ4n) is 3.50. The van der Waals surface area contributed by atoms with E-state index < -0.39 is 0 Å². The zero-order chi connectivity index (χ0) is 19.5. The Morgan fingerprint density at radius 3 is 2.71 bits per heavy atom. The van der Waals surface area contributed by atoms with Gasteiger partial charge in [0.05, 0.1) is 17.8 Å². The van der Waals surface area contributed by atoms with Gasteiger partial charge in [0.15, 0.2) is 11.6 Å². The molecule has 1 aromatic carbocycles. The highest BCUT2D eigenvalue weighted by Crippen LogP contribution is 2.24. The van der Waals surface area contributed by atoms with Crippen molar-refractivity contribution in [2.24, 2.45) is 15.9 Å². The van der Waals surface area contributed by atoms with Crippen LogP contribution in [0.5, 0.6) is 5.75 Å². The van der Waals surface area contributed by atoms with E-state index in [0.29, 0.717) is 42.5 Å². The number of aryl methyl sites for hydroxylation is 1. The first-order valence-corrected chi connectivity index (χ1v) is 9.37. The molecule has 3 heterocycles. The Hall–Kier alpha value is -3.09. The summed E-state index contributed by atoms with van der Waals surface area (Å²) in [5.41, 5.74) is 2.09. The van der Waals surface area contributed by atoms with Gasteiger partial charge in [0.25, 0.3) is 0 Å². The highest BCUT2D eigenvalue weighted by Gasteiger charge is 2.29. The quantitative estimate of drug-likeness (QED) is 0.816. The minimum atomic E-state index is -0.355. The van der Waals surface area contributed by atoms with E-state index in [1.165, 1.54) is 6.07 Å². The largest absolute Gasteiger partial charge is 0.415 e. The lowest BCUT2D eigenvalue weighted by molar-refractivity contribution is 0.137. The lowest BCUT2D eigenvalue weighted by atomic mass is 9.92. The SMILES string of the molecule is Cc1ncccc1OC(=O)N1CCC(C2=NC(c3ccccc3F)=NC2)CC1. The molecule has 0 aliphatic carbocycles. The van der Waals surface area contributed by atoms with Crippen molar-refractivity contribution >= 4 is 17.6 Å². The van der Waals surface area contributed by atoms with Crippen molar-refractivity contribution in [2.45, 2.75) is 19.8 Å². The van der Waals surface area contributed by atoms with Crippen molar-refractivity contribution in [3.8, 4) is 5.75 Å². The Labute approximate surface area is 162 Å². The summed E-state index contributed by atoms with van der Waals surface area (Å²) in [6.45, 7) is 3.49. The maximum absolute atomic E-state index is 13.9. The van der Waals surface area contributed by atoms with Crippen LogP contribution in [0.3, 0.4) is 0 Å². The number of likely N-dealkylation sites (tertiary alicyclic amines) is 1. The zero-order valence-electron chi connectivity index (χ0n) is 15.6. The number of amidine groups is 1. The van der Waals surface area contributed by atoms with Crippen LogP contribution in [0.25, 0.3) is 0 Å². The third-order valence-electron chi connectivity index (χ3n) is 5.14. The van der Waals surface area contributed by atoms with Gasteiger partial charge in [-0.1, -0.05) is 12.1 Å². The number of rotatable bonds is 3. The van der Waals surface area contributed by atoms with Crippen molar-refractivity contribution < 1.29 is 13.9 Å². The van der Waals surface area contributed by atoms with E-state index in [1.54, 1.807) is 48.4 Å². The Bertz CT molecular complexity index is 949. The number of carbonyl (C=O) groups is 1. The molecule has 144 valence electrons. The van der Waals surface area contributed by atoms with E-state index in [4.69, 9.17) is 4.74 Å². The highest BCUT2D eigenvalue weighted by molar-refractivity contribution is 6.12. The van der Waals surface area contributed by atoms with Gasteiger partial charge in [-0.15, -0.1) is 0 Å². The first-order valence-electron chi connectivity index (χ1n) is 9.37. The Balaban J connectivity index is 1.35. The lowest BCUT2D eigenvalue weighted by Gasteiger charge is -2.31. The average Bonchev–Trinajstić information content (AvgIpc) is 3.20. The van der Waals surface area contributed by atoms with Gasteiger partial charge in [0.1, 0.15) is 5.82 Å². The van der Waals surface area contributed by atoms with Gasteiger partial charge < -0.3 is 9.64 Å². The van der Waals surface area contributed by atoms with Gasteiger partial charge in [-0.2, -0.15) is 0 Å². The minimum absolute atomic E-state index is 0.247. The molecule has 0 saturated carbocycles. The summed E-state index contributed by atoms with van der Waals surface area (Å²) < 4.78 is 19.4. The fourth-order valence-corrected chi connectivity index (χ4v) is 3.50. The predicted octanol–water partition coefficient (Wildman–Crippen LogP) is 3.64. The molecule has 6 nitrogen and oxygen atoms in total. The normalized spacial score (nSPS) is 17.3. The number of piperidine rings is 1. The molecule has 2 aromatic rings. The van der Waals surface area contributed by atoms with Gasteiger partial charge in [0, 0.05) is 30.9 Å². The number of halogens is 1. The van der Waals surface area contributed by atoms with Crippen LogP contribution in [0.15, 0.2) is 52.6 Å². The molecule has 4 rings (SSSR count). The number of hydrogen-bond donors (Lipinski definition) is 0. The van der Waals surface area contributed by atoms with Crippen molar-refractivity contribution in [1.29, 1.82) is 0 Å². The molecule has 1 aromatic heterocycles. The van der Waals surface area contributed by atoms with Crippen molar-refractivity contribution in [2.75, 3.05) is 19.6 Å². The number of ether oxygens (including phenoxy) is 1. The van der Waals surface area contributed by atoms with Crippen LogP contribution < -0.4 is 4.74 Å². The number of benzene rings is 1. The smallest absolute Gasteiger partial charge is 0.408 e. The van der Waals surface area contributed by atoms with Gasteiger partial charge in [0.2, 0.25) is 0 Å². The molecular weight excluding hydrogens is 359 g/mol. The summed E-state index contributed by atoms with van der Waals surface area (Å²) in [5.74, 6) is 0.881. The number of nitrogens with zero attached hydrogens (tertiary/aromatic N) is 4. The Morgan fingerprint density at radius 1 is 1.18 bits per heavy atom. The number of pyridine rings is 1. The van der Waals surface area contributed by atoms with Crippen LogP contribution in [0.4, 0.5) is 9.18 Å². The summed E-state index contributed by atoms with van der Waals surface area (Å²) >= 11 is 0. The summed E-state index contributed by atoms with van der Waals surface area (Å²) in [4.78, 5) is 27.2. The Kier molecular flexibility index (Phi) is 5.14. The molecule has 7 heteroatoms. The van der Waals surface area contributed by atoms with Crippen LogP contribution >= 0.6 is 0 Å². The van der Waals surface area contributed by atoms with E-state index in [0.717, 1.165) is 18.6 Å². The second kappa shape index (κ2) is 7.88. The summed E-state index contributed by atoms with van der Waals surface area (Å²) in [6.07, 6.45) is 2.89. The summed E-state index contributed by atoms with van der Waals surface area (Å²) in [7, 11) is 0. The molecule has 1 amide bonds. The molecule has 0 spiro atoms. The fraction of sp³-hybridized carbons (Fsp3) is 0.333. The number of aliphatic imine (C=N–C) groups is 2. The zero-order valence-corrected chi connectivity index (χ0v) is 15.6. The van der Waals surface area contributed by atoms with Gasteiger partial charge in [-0.3, -0.25) is 9.98 Å². The van der Waals surface area contributed by atoms with Crippen molar-refractivity contribution in [3.63, 3.8) is 0 Å². The van der Waals surface area contributed by atoms with Crippen LogP contribution in [-0.4, -0.2) is 47.2 Å². The standard InChI is InChI=1S/C21H21FN4O2/c1-14-19(7-4-10-23-14)28-21(27)26-11-8-15(9-12-26)18-13-24-20(25-18)16-5-2-3-6-17(16)22/h2-7,10,15H,8-9,11-13H2,1H3. The molecule has 1 fully saturated rings. The maximum Gasteiger partial charge on any atom is 0.415 e. The van der Waals surface area contributed by atoms with E-state index in [2.05, 4.69) is 15.0 Å². The van der Waals surface area contributed by atoms with Gasteiger partial charge >= 0.3 is 6.09 Å². The molecule has 1 saturated heterocycles. The molecule has 0 bridgehead atoms. The Morgan fingerprint density at radius 2 is 1.96 bits per heavy atom. The van der Waals surface area contributed by atoms with Crippen LogP contribution in [0.1, 0.15) is 24.1 Å². The second-order valence-electron chi connectivity index (χ2n) is 6.94. The molecule has 0 N–H and O–H groups in total. The summed E-state index contributed by atoms with van der Waals surface area (Å²) in [6, 6.07) is 10.0. The molecule has 2 aliphatic rings. The third-order valence-corrected chi connectivity index (χ3v) is 5.14. The van der Waals surface area contributed by atoms with Crippen molar-refractivity contribution in [3.05, 3.63) is 59.7 Å². The van der Waals surface area contributed by atoms with E-state index in [9.17, 15) is 9.18 Å². The molecule has 2 aliphatic heterocycles. The van der Waals surface area contributed by atoms with E-state index >= 15 is 0 Å². The number of hydrogen-bond acceptors (Lipinski definition) is 5. The first kappa shape index (κ1) is 18.3. The number of amides is 1.